The zero-order chi connectivity index (χ0) is 17.3. The molecule has 3 rings (SSSR count). The molecule has 24 heavy (non-hydrogen) atoms. The first kappa shape index (κ1) is 16.3. The minimum atomic E-state index is -4.57. The number of carbonyl (C=O) groups excluding carboxylic acids is 1. The molecule has 0 radical (unpaired) electrons. The summed E-state index contributed by atoms with van der Waals surface area (Å²) >= 11 is 0. The quantitative estimate of drug-likeness (QED) is 0.815. The number of hydrogen-bond acceptors (Lipinski definition) is 3. The van der Waals surface area contributed by atoms with E-state index in [9.17, 15) is 22.4 Å². The van der Waals surface area contributed by atoms with Crippen LogP contribution >= 0.6 is 0 Å². The van der Waals surface area contributed by atoms with Gasteiger partial charge in [-0.1, -0.05) is 0 Å². The first-order chi connectivity index (χ1) is 11.3. The van der Waals surface area contributed by atoms with Gasteiger partial charge < -0.3 is 10.1 Å². The number of nitrogens with one attached hydrogen (secondary N) is 2. The van der Waals surface area contributed by atoms with Crippen LogP contribution < -0.4 is 10.1 Å². The van der Waals surface area contributed by atoms with Crippen molar-refractivity contribution in [2.75, 3.05) is 11.9 Å². The number of hydrogen-bond donors (Lipinski definition) is 2. The highest BCUT2D eigenvalue weighted by Crippen LogP contribution is 2.39. The third-order valence-corrected chi connectivity index (χ3v) is 3.43. The summed E-state index contributed by atoms with van der Waals surface area (Å²) in [4.78, 5) is 12.1. The summed E-state index contributed by atoms with van der Waals surface area (Å²) in [6, 6.07) is 4.51. The number of nitrogens with zero attached hydrogens (tertiary/aromatic N) is 1. The second-order valence-corrected chi connectivity index (χ2v) is 5.48. The van der Waals surface area contributed by atoms with Crippen LogP contribution in [-0.2, 0) is 0 Å². The number of amides is 1. The number of ether oxygens (including phenoxy) is 1. The predicted molar refractivity (Wildman–Crippen MR) is 76.5 cm³/mol. The average molecular weight is 343 g/mol. The number of benzene rings is 1. The summed E-state index contributed by atoms with van der Waals surface area (Å²) in [7, 11) is 0. The Morgan fingerprint density at radius 1 is 1.33 bits per heavy atom. The van der Waals surface area contributed by atoms with Gasteiger partial charge in [0.2, 0.25) is 0 Å². The Labute approximate surface area is 134 Å². The highest BCUT2D eigenvalue weighted by Gasteiger charge is 2.29. The number of H-pyrrole nitrogens is 1. The third kappa shape index (κ3) is 4.03. The van der Waals surface area contributed by atoms with E-state index in [0.717, 1.165) is 36.7 Å². The number of carbonyl (C=O) groups is 1. The predicted octanol–water partition coefficient (Wildman–Crippen LogP) is 3.62. The lowest BCUT2D eigenvalue weighted by molar-refractivity contribution is -0.153. The Balaban J connectivity index is 1.74. The van der Waals surface area contributed by atoms with Crippen molar-refractivity contribution in [2.24, 2.45) is 0 Å². The minimum Gasteiger partial charge on any atom is -0.482 e. The molecule has 1 heterocycles. The van der Waals surface area contributed by atoms with Crippen LogP contribution in [0.5, 0.6) is 5.75 Å². The summed E-state index contributed by atoms with van der Waals surface area (Å²) in [6.07, 6.45) is -2.53. The zero-order valence-electron chi connectivity index (χ0n) is 12.3. The monoisotopic (exact) mass is 343 g/mol. The third-order valence-electron chi connectivity index (χ3n) is 3.43. The summed E-state index contributed by atoms with van der Waals surface area (Å²) in [5.74, 6) is -1.43. The normalized spacial score (nSPS) is 14.5. The second-order valence-electron chi connectivity index (χ2n) is 5.48. The fraction of sp³-hybridized carbons (Fsp3) is 0.333. The van der Waals surface area contributed by atoms with Crippen LogP contribution in [0.4, 0.5) is 23.2 Å². The van der Waals surface area contributed by atoms with Crippen molar-refractivity contribution >= 4 is 11.6 Å². The molecule has 1 aromatic carbocycles. The van der Waals surface area contributed by atoms with E-state index in [-0.39, 0.29) is 11.4 Å². The van der Waals surface area contributed by atoms with Gasteiger partial charge in [-0.05, 0) is 31.0 Å². The average Bonchev–Trinajstić information content (AvgIpc) is 3.24. The van der Waals surface area contributed by atoms with Crippen LogP contribution in [0.15, 0.2) is 24.3 Å². The van der Waals surface area contributed by atoms with Crippen molar-refractivity contribution in [3.05, 3.63) is 41.5 Å². The molecule has 1 aliphatic carbocycles. The van der Waals surface area contributed by atoms with Gasteiger partial charge in [-0.25, -0.2) is 4.39 Å². The number of halogens is 4. The van der Waals surface area contributed by atoms with E-state index < -0.39 is 30.3 Å². The maximum absolute atomic E-state index is 13.2. The molecule has 0 aliphatic heterocycles. The lowest BCUT2D eigenvalue weighted by Gasteiger charge is -2.13. The summed E-state index contributed by atoms with van der Waals surface area (Å²) in [5, 5.41) is 9.01. The van der Waals surface area contributed by atoms with Crippen molar-refractivity contribution in [2.45, 2.75) is 24.9 Å². The van der Waals surface area contributed by atoms with Crippen molar-refractivity contribution in [1.29, 1.82) is 0 Å². The Bertz CT molecular complexity index is 753. The van der Waals surface area contributed by atoms with Gasteiger partial charge in [0.15, 0.2) is 12.3 Å². The van der Waals surface area contributed by atoms with Crippen LogP contribution in [0.2, 0.25) is 0 Å². The summed E-state index contributed by atoms with van der Waals surface area (Å²) in [6.45, 7) is -1.59. The van der Waals surface area contributed by atoms with Gasteiger partial charge in [-0.2, -0.15) is 18.3 Å². The van der Waals surface area contributed by atoms with Crippen molar-refractivity contribution < 1.29 is 27.1 Å². The highest BCUT2D eigenvalue weighted by atomic mass is 19.4. The van der Waals surface area contributed by atoms with E-state index in [4.69, 9.17) is 0 Å². The van der Waals surface area contributed by atoms with E-state index in [1.54, 1.807) is 6.07 Å². The Hall–Kier alpha value is -2.58. The molecular formula is C15H13F4N3O2. The molecule has 2 aromatic rings. The van der Waals surface area contributed by atoms with Crippen molar-refractivity contribution in [1.82, 2.24) is 10.2 Å². The van der Waals surface area contributed by atoms with E-state index in [1.165, 1.54) is 0 Å². The molecule has 0 bridgehead atoms. The van der Waals surface area contributed by atoms with Crippen LogP contribution in [0.3, 0.4) is 0 Å². The van der Waals surface area contributed by atoms with Crippen molar-refractivity contribution in [3.63, 3.8) is 0 Å². The Morgan fingerprint density at radius 2 is 2.08 bits per heavy atom. The van der Waals surface area contributed by atoms with Gasteiger partial charge in [0.1, 0.15) is 11.6 Å². The molecule has 0 saturated heterocycles. The molecule has 9 heteroatoms. The fourth-order valence-corrected chi connectivity index (χ4v) is 2.12. The number of aromatic nitrogens is 2. The summed E-state index contributed by atoms with van der Waals surface area (Å²) < 4.78 is 54.6. The Morgan fingerprint density at radius 3 is 2.75 bits per heavy atom. The molecule has 128 valence electrons. The van der Waals surface area contributed by atoms with Crippen LogP contribution in [0.1, 0.15) is 34.9 Å². The van der Waals surface area contributed by atoms with Gasteiger partial charge in [-0.3, -0.25) is 9.89 Å². The summed E-state index contributed by atoms with van der Waals surface area (Å²) in [5.41, 5.74) is 0.873. The maximum atomic E-state index is 13.2. The molecule has 0 spiro atoms. The lowest BCUT2D eigenvalue weighted by Crippen LogP contribution is -2.20. The molecule has 5 nitrogen and oxygen atoms in total. The van der Waals surface area contributed by atoms with Gasteiger partial charge in [0, 0.05) is 17.7 Å². The van der Waals surface area contributed by atoms with E-state index in [0.29, 0.717) is 5.92 Å². The van der Waals surface area contributed by atoms with E-state index in [2.05, 4.69) is 20.3 Å². The molecule has 1 aliphatic rings. The Kier molecular flexibility index (Phi) is 4.16. The SMILES string of the molecule is O=C(Nc1ccc(F)cc1OCC(F)(F)F)c1cc(C2CC2)[nH]n1. The minimum absolute atomic E-state index is 0.0679. The van der Waals surface area contributed by atoms with E-state index >= 15 is 0 Å². The largest absolute Gasteiger partial charge is 0.482 e. The lowest BCUT2D eigenvalue weighted by atomic mass is 10.2. The first-order valence-corrected chi connectivity index (χ1v) is 7.17. The molecule has 0 atom stereocenters. The zero-order valence-corrected chi connectivity index (χ0v) is 12.3. The molecule has 1 amide bonds. The van der Waals surface area contributed by atoms with Crippen LogP contribution in [-0.4, -0.2) is 28.9 Å². The molecule has 1 fully saturated rings. The van der Waals surface area contributed by atoms with E-state index in [1.807, 2.05) is 0 Å². The van der Waals surface area contributed by atoms with Gasteiger partial charge >= 0.3 is 6.18 Å². The smallest absolute Gasteiger partial charge is 0.422 e. The number of aromatic amines is 1. The first-order valence-electron chi connectivity index (χ1n) is 7.17. The standard InChI is InChI=1S/C15H13F4N3O2/c16-9-3-4-10(13(5-9)24-7-15(17,18)19)20-14(23)12-6-11(21-22-12)8-1-2-8/h3-6,8H,1-2,7H2,(H,20,23)(H,21,22). The molecular weight excluding hydrogens is 330 g/mol. The molecule has 1 saturated carbocycles. The number of rotatable bonds is 5. The fourth-order valence-electron chi connectivity index (χ4n) is 2.12. The topological polar surface area (TPSA) is 67.0 Å². The van der Waals surface area contributed by atoms with Crippen LogP contribution in [0.25, 0.3) is 0 Å². The molecule has 2 N–H and O–H groups in total. The number of alkyl halides is 3. The van der Waals surface area contributed by atoms with Gasteiger partial charge in [-0.15, -0.1) is 0 Å². The van der Waals surface area contributed by atoms with Crippen LogP contribution in [0, 0.1) is 5.82 Å². The molecule has 0 unspecified atom stereocenters. The molecule has 1 aromatic heterocycles. The van der Waals surface area contributed by atoms with Gasteiger partial charge in [0.25, 0.3) is 5.91 Å². The van der Waals surface area contributed by atoms with Gasteiger partial charge in [0.05, 0.1) is 5.69 Å². The number of anilines is 1. The maximum Gasteiger partial charge on any atom is 0.422 e. The second kappa shape index (κ2) is 6.14. The van der Waals surface area contributed by atoms with Crippen molar-refractivity contribution in [3.8, 4) is 5.75 Å². The highest BCUT2D eigenvalue weighted by molar-refractivity contribution is 6.03.